The van der Waals surface area contributed by atoms with Crippen LogP contribution in [0.25, 0.3) is 0 Å². The number of hydrazine groups is 1. The fraction of sp³-hybridized carbons (Fsp3) is 0.385. The first kappa shape index (κ1) is 14.0. The summed E-state index contributed by atoms with van der Waals surface area (Å²) in [6, 6.07) is 6.44. The van der Waals surface area contributed by atoms with Crippen LogP contribution in [0, 0.1) is 5.82 Å². The first-order chi connectivity index (χ1) is 9.11. The first-order valence-corrected chi connectivity index (χ1v) is 6.92. The molecule has 1 aromatic carbocycles. The highest BCUT2D eigenvalue weighted by Crippen LogP contribution is 2.28. The van der Waals surface area contributed by atoms with Gasteiger partial charge in [-0.3, -0.25) is 11.3 Å². The van der Waals surface area contributed by atoms with Gasteiger partial charge in [-0.25, -0.2) is 4.39 Å². The summed E-state index contributed by atoms with van der Waals surface area (Å²) in [5.74, 6) is 5.68. The average Bonchev–Trinajstić information content (AvgIpc) is 2.85. The predicted octanol–water partition coefficient (Wildman–Crippen LogP) is 2.55. The van der Waals surface area contributed by atoms with Gasteiger partial charge in [0.05, 0.1) is 16.6 Å². The van der Waals surface area contributed by atoms with Crippen molar-refractivity contribution in [1.82, 2.24) is 15.0 Å². The Kier molecular flexibility index (Phi) is 4.57. The van der Waals surface area contributed by atoms with Crippen LogP contribution in [-0.4, -0.2) is 9.59 Å². The highest BCUT2D eigenvalue weighted by Gasteiger charge is 2.20. The topological polar surface area (TPSA) is 63.8 Å². The molecule has 0 amide bonds. The van der Waals surface area contributed by atoms with Crippen LogP contribution in [0.5, 0.6) is 0 Å². The molecule has 0 aliphatic carbocycles. The third-order valence-electron chi connectivity index (χ3n) is 2.93. The molecule has 1 unspecified atom stereocenters. The monoisotopic (exact) mass is 280 g/mol. The van der Waals surface area contributed by atoms with Gasteiger partial charge < -0.3 is 0 Å². The van der Waals surface area contributed by atoms with Crippen LogP contribution in [0.15, 0.2) is 24.3 Å². The first-order valence-electron chi connectivity index (χ1n) is 6.14. The van der Waals surface area contributed by atoms with Crippen LogP contribution < -0.4 is 11.3 Å². The normalized spacial score (nSPS) is 12.9. The molecule has 1 atom stereocenters. The maximum absolute atomic E-state index is 13.2. The van der Waals surface area contributed by atoms with Crippen molar-refractivity contribution >= 4 is 11.5 Å². The largest absolute Gasteiger partial charge is 0.271 e. The van der Waals surface area contributed by atoms with Gasteiger partial charge in [0.15, 0.2) is 0 Å². The van der Waals surface area contributed by atoms with E-state index in [1.54, 1.807) is 6.07 Å². The second-order valence-electron chi connectivity index (χ2n) is 4.73. The molecular weight excluding hydrogens is 263 g/mol. The number of aromatic nitrogens is 2. The van der Waals surface area contributed by atoms with Crippen molar-refractivity contribution in [2.75, 3.05) is 0 Å². The molecule has 1 aromatic heterocycles. The highest BCUT2D eigenvalue weighted by atomic mass is 32.1. The second kappa shape index (κ2) is 6.18. The lowest BCUT2D eigenvalue weighted by atomic mass is 10.0. The molecule has 0 saturated heterocycles. The predicted molar refractivity (Wildman–Crippen MR) is 74.2 cm³/mol. The van der Waals surface area contributed by atoms with Gasteiger partial charge in [-0.1, -0.05) is 30.5 Å². The Morgan fingerprint density at radius 2 is 2.21 bits per heavy atom. The maximum Gasteiger partial charge on any atom is 0.123 e. The van der Waals surface area contributed by atoms with Gasteiger partial charge >= 0.3 is 0 Å². The average molecular weight is 280 g/mol. The molecule has 0 radical (unpaired) electrons. The van der Waals surface area contributed by atoms with E-state index >= 15 is 0 Å². The van der Waals surface area contributed by atoms with Crippen LogP contribution in [0.1, 0.15) is 41.9 Å². The summed E-state index contributed by atoms with van der Waals surface area (Å²) in [7, 11) is 0. The van der Waals surface area contributed by atoms with Gasteiger partial charge in [0, 0.05) is 0 Å². The minimum Gasteiger partial charge on any atom is -0.271 e. The lowest BCUT2D eigenvalue weighted by Gasteiger charge is -2.16. The van der Waals surface area contributed by atoms with Gasteiger partial charge in [-0.05, 0) is 41.6 Å². The number of halogens is 1. The number of benzene rings is 1. The Balaban J connectivity index is 2.23. The molecule has 0 bridgehead atoms. The summed E-state index contributed by atoms with van der Waals surface area (Å²) in [5.41, 5.74) is 4.62. The zero-order chi connectivity index (χ0) is 13.8. The third kappa shape index (κ3) is 3.34. The van der Waals surface area contributed by atoms with E-state index in [1.165, 1.54) is 23.7 Å². The molecule has 6 heteroatoms. The molecule has 4 nitrogen and oxygen atoms in total. The Morgan fingerprint density at radius 1 is 1.42 bits per heavy atom. The van der Waals surface area contributed by atoms with Crippen LogP contribution >= 0.6 is 11.5 Å². The molecule has 102 valence electrons. The Hall–Kier alpha value is -1.37. The molecule has 0 fully saturated rings. The van der Waals surface area contributed by atoms with Crippen molar-refractivity contribution in [3.63, 3.8) is 0 Å². The zero-order valence-electron chi connectivity index (χ0n) is 10.9. The molecule has 0 aliphatic rings. The number of rotatable bonds is 5. The molecule has 1 heterocycles. The zero-order valence-corrected chi connectivity index (χ0v) is 11.7. The van der Waals surface area contributed by atoms with Gasteiger partial charge in [-0.15, -0.1) is 5.10 Å². The van der Waals surface area contributed by atoms with Gasteiger partial charge in [0.25, 0.3) is 0 Å². The van der Waals surface area contributed by atoms with E-state index in [9.17, 15) is 4.39 Å². The van der Waals surface area contributed by atoms with Gasteiger partial charge in [0.2, 0.25) is 0 Å². The lowest BCUT2D eigenvalue weighted by molar-refractivity contribution is 0.548. The Bertz CT molecular complexity index is 541. The van der Waals surface area contributed by atoms with Crippen molar-refractivity contribution in [3.8, 4) is 0 Å². The lowest BCUT2D eigenvalue weighted by Crippen LogP contribution is -2.29. The molecule has 0 aliphatic heterocycles. The van der Waals surface area contributed by atoms with Gasteiger partial charge in [-0.2, -0.15) is 0 Å². The Morgan fingerprint density at radius 3 is 2.84 bits per heavy atom. The molecule has 2 aromatic rings. The summed E-state index contributed by atoms with van der Waals surface area (Å²) in [6.07, 6.45) is 0.609. The number of hydrogen-bond acceptors (Lipinski definition) is 5. The van der Waals surface area contributed by atoms with Crippen LogP contribution in [0.4, 0.5) is 4.39 Å². The van der Waals surface area contributed by atoms with E-state index in [2.05, 4.69) is 28.9 Å². The van der Waals surface area contributed by atoms with Crippen molar-refractivity contribution in [1.29, 1.82) is 0 Å². The minimum atomic E-state index is -0.236. The molecule has 3 N–H and O–H groups in total. The number of nitrogens with one attached hydrogen (secondary N) is 1. The van der Waals surface area contributed by atoms with E-state index in [0.29, 0.717) is 6.42 Å². The maximum atomic E-state index is 13.2. The molecule has 19 heavy (non-hydrogen) atoms. The number of hydrogen-bond donors (Lipinski definition) is 2. The highest BCUT2D eigenvalue weighted by molar-refractivity contribution is 7.05. The minimum absolute atomic E-state index is 0.0980. The summed E-state index contributed by atoms with van der Waals surface area (Å²) in [6.45, 7) is 4.13. The van der Waals surface area contributed by atoms with E-state index in [-0.39, 0.29) is 17.8 Å². The van der Waals surface area contributed by atoms with E-state index in [0.717, 1.165) is 16.1 Å². The SMILES string of the molecule is CC(C)c1nnsc1C(Cc1cccc(F)c1)NN. The number of nitrogens with two attached hydrogens (primary N) is 1. The van der Waals surface area contributed by atoms with E-state index in [1.807, 2.05) is 6.07 Å². The fourth-order valence-corrected chi connectivity index (χ4v) is 2.84. The third-order valence-corrected chi connectivity index (χ3v) is 3.79. The Labute approximate surface area is 116 Å². The summed E-state index contributed by atoms with van der Waals surface area (Å²) >= 11 is 1.34. The van der Waals surface area contributed by atoms with Crippen molar-refractivity contribution in [3.05, 3.63) is 46.2 Å². The van der Waals surface area contributed by atoms with Crippen LogP contribution in [0.3, 0.4) is 0 Å². The van der Waals surface area contributed by atoms with Crippen molar-refractivity contribution < 1.29 is 4.39 Å². The molecule has 2 rings (SSSR count). The smallest absolute Gasteiger partial charge is 0.123 e. The molecule has 0 spiro atoms. The van der Waals surface area contributed by atoms with E-state index < -0.39 is 0 Å². The summed E-state index contributed by atoms with van der Waals surface area (Å²) in [5, 5.41) is 4.14. The quantitative estimate of drug-likeness (QED) is 0.652. The fourth-order valence-electron chi connectivity index (χ4n) is 1.97. The number of nitrogens with zero attached hydrogens (tertiary/aromatic N) is 2. The molecule has 0 saturated carbocycles. The second-order valence-corrected chi connectivity index (χ2v) is 5.52. The van der Waals surface area contributed by atoms with E-state index in [4.69, 9.17) is 5.84 Å². The summed E-state index contributed by atoms with van der Waals surface area (Å²) < 4.78 is 17.2. The van der Waals surface area contributed by atoms with Crippen LogP contribution in [-0.2, 0) is 6.42 Å². The van der Waals surface area contributed by atoms with Crippen LogP contribution in [0.2, 0.25) is 0 Å². The summed E-state index contributed by atoms with van der Waals surface area (Å²) in [4.78, 5) is 1.02. The van der Waals surface area contributed by atoms with Crippen molar-refractivity contribution in [2.24, 2.45) is 5.84 Å². The standard InChI is InChI=1S/C13H17FN4S/c1-8(2)12-13(19-18-17-12)11(16-15)7-9-4-3-5-10(14)6-9/h3-6,8,11,16H,7,15H2,1-2H3. The van der Waals surface area contributed by atoms with Gasteiger partial charge in [0.1, 0.15) is 5.82 Å². The molecular formula is C13H17FN4S. The van der Waals surface area contributed by atoms with Crippen molar-refractivity contribution in [2.45, 2.75) is 32.2 Å².